The van der Waals surface area contributed by atoms with Crippen LogP contribution in [0.5, 0.6) is 0 Å². The Labute approximate surface area is 194 Å². The molecule has 3 rings (SSSR count). The number of likely N-dealkylation sites (tertiary alicyclic amines) is 1. The van der Waals surface area contributed by atoms with Crippen molar-refractivity contribution in [1.29, 1.82) is 0 Å². The highest BCUT2D eigenvalue weighted by atomic mass is 35.5. The molecule has 1 aliphatic rings. The van der Waals surface area contributed by atoms with Crippen molar-refractivity contribution in [2.75, 3.05) is 45.2 Å². The third-order valence-corrected chi connectivity index (χ3v) is 6.19. The number of hydrogen-bond donors (Lipinski definition) is 1. The summed E-state index contributed by atoms with van der Waals surface area (Å²) < 4.78 is 0. The number of Topliss-reactive ketones (excluding diaryl/α,β-unsaturated/α-hetero) is 1. The van der Waals surface area contributed by atoms with Crippen LogP contribution in [0.4, 0.5) is 5.69 Å². The smallest absolute Gasteiger partial charge is 0.295 e. The van der Waals surface area contributed by atoms with Gasteiger partial charge in [0.25, 0.3) is 11.7 Å². The Balaban J connectivity index is 2.09. The van der Waals surface area contributed by atoms with Crippen molar-refractivity contribution in [3.63, 3.8) is 0 Å². The second kappa shape index (κ2) is 10.2. The van der Waals surface area contributed by atoms with Crippen molar-refractivity contribution in [3.8, 4) is 0 Å². The fourth-order valence-electron chi connectivity index (χ4n) is 3.96. The molecule has 1 aliphatic heterocycles. The zero-order valence-corrected chi connectivity index (χ0v) is 19.8. The van der Waals surface area contributed by atoms with Crippen molar-refractivity contribution >= 4 is 34.7 Å². The highest BCUT2D eigenvalue weighted by Gasteiger charge is 2.45. The standard InChI is InChI=1S/C25H30ClN3O3/c1-5-28(6-2)15-16-29-22(17-9-13-20(14-10-17)27(3)4)21(24(31)25(29)32)23(30)18-7-11-19(26)12-8-18/h7-14,22,30H,5-6,15-16H2,1-4H3/b23-21+. The van der Waals surface area contributed by atoms with Crippen molar-refractivity contribution in [1.82, 2.24) is 9.80 Å². The van der Waals surface area contributed by atoms with E-state index < -0.39 is 17.7 Å². The van der Waals surface area contributed by atoms with Crippen LogP contribution in [0.1, 0.15) is 31.0 Å². The van der Waals surface area contributed by atoms with Crippen LogP contribution in [0.3, 0.4) is 0 Å². The van der Waals surface area contributed by atoms with E-state index in [1.807, 2.05) is 43.3 Å². The van der Waals surface area contributed by atoms with Gasteiger partial charge in [0.15, 0.2) is 0 Å². The summed E-state index contributed by atoms with van der Waals surface area (Å²) in [5.41, 5.74) is 2.34. The van der Waals surface area contributed by atoms with Crippen LogP contribution in [0.15, 0.2) is 54.1 Å². The van der Waals surface area contributed by atoms with E-state index in [4.69, 9.17) is 11.6 Å². The zero-order valence-electron chi connectivity index (χ0n) is 19.0. The molecule has 1 amide bonds. The molecule has 0 radical (unpaired) electrons. The normalized spacial score (nSPS) is 17.9. The minimum Gasteiger partial charge on any atom is -0.507 e. The first kappa shape index (κ1) is 23.8. The number of hydrogen-bond acceptors (Lipinski definition) is 5. The van der Waals surface area contributed by atoms with E-state index in [0.29, 0.717) is 23.7 Å². The number of likely N-dealkylation sites (N-methyl/N-ethyl adjacent to an activating group) is 1. The Morgan fingerprint density at radius 2 is 1.59 bits per heavy atom. The Hall–Kier alpha value is -2.83. The molecule has 1 saturated heterocycles. The predicted octanol–water partition coefficient (Wildman–Crippen LogP) is 4.17. The predicted molar refractivity (Wildman–Crippen MR) is 129 cm³/mol. The van der Waals surface area contributed by atoms with Gasteiger partial charge in [-0.25, -0.2) is 0 Å². The second-order valence-corrected chi connectivity index (χ2v) is 8.45. The zero-order chi connectivity index (χ0) is 23.4. The van der Waals surface area contributed by atoms with Gasteiger partial charge in [0, 0.05) is 43.5 Å². The molecule has 32 heavy (non-hydrogen) atoms. The molecule has 2 aromatic carbocycles. The number of ketones is 1. The largest absolute Gasteiger partial charge is 0.507 e. The summed E-state index contributed by atoms with van der Waals surface area (Å²) in [6.07, 6.45) is 0. The lowest BCUT2D eigenvalue weighted by Gasteiger charge is -2.28. The van der Waals surface area contributed by atoms with E-state index in [1.54, 1.807) is 29.2 Å². The Bertz CT molecular complexity index is 996. The van der Waals surface area contributed by atoms with Gasteiger partial charge in [-0.3, -0.25) is 9.59 Å². The van der Waals surface area contributed by atoms with Crippen LogP contribution < -0.4 is 4.90 Å². The fraction of sp³-hybridized carbons (Fsp3) is 0.360. The molecule has 2 aromatic rings. The van der Waals surface area contributed by atoms with Gasteiger partial charge in [-0.1, -0.05) is 37.6 Å². The minimum absolute atomic E-state index is 0.106. The molecule has 7 heteroatoms. The van der Waals surface area contributed by atoms with E-state index in [1.165, 1.54) is 0 Å². The molecular formula is C25H30ClN3O3. The number of nitrogens with zero attached hydrogens (tertiary/aromatic N) is 3. The number of benzene rings is 2. The molecule has 0 bridgehead atoms. The van der Waals surface area contributed by atoms with Crippen molar-refractivity contribution in [2.45, 2.75) is 19.9 Å². The molecular weight excluding hydrogens is 426 g/mol. The molecule has 1 atom stereocenters. The van der Waals surface area contributed by atoms with Gasteiger partial charge >= 0.3 is 0 Å². The molecule has 0 aliphatic carbocycles. The monoisotopic (exact) mass is 455 g/mol. The van der Waals surface area contributed by atoms with E-state index in [2.05, 4.69) is 18.7 Å². The first-order chi connectivity index (χ1) is 15.3. The maximum absolute atomic E-state index is 13.1. The molecule has 1 fully saturated rings. The topological polar surface area (TPSA) is 64.1 Å². The molecule has 6 nitrogen and oxygen atoms in total. The van der Waals surface area contributed by atoms with Crippen LogP contribution in [0, 0.1) is 0 Å². The lowest BCUT2D eigenvalue weighted by Crippen LogP contribution is -2.38. The summed E-state index contributed by atoms with van der Waals surface area (Å²) >= 11 is 5.98. The Morgan fingerprint density at radius 1 is 1.00 bits per heavy atom. The first-order valence-corrected chi connectivity index (χ1v) is 11.2. The highest BCUT2D eigenvalue weighted by molar-refractivity contribution is 6.46. The summed E-state index contributed by atoms with van der Waals surface area (Å²) in [5, 5.41) is 11.6. The molecule has 170 valence electrons. The van der Waals surface area contributed by atoms with E-state index in [-0.39, 0.29) is 11.3 Å². The SMILES string of the molecule is CCN(CC)CCN1C(=O)C(=O)/C(=C(/O)c2ccc(Cl)cc2)C1c1ccc(N(C)C)cc1. The molecule has 1 unspecified atom stereocenters. The number of carbonyl (C=O) groups excluding carboxylic acids is 2. The molecule has 0 aromatic heterocycles. The van der Waals surface area contributed by atoms with E-state index in [0.717, 1.165) is 24.3 Å². The van der Waals surface area contributed by atoms with Gasteiger partial charge in [-0.2, -0.15) is 0 Å². The van der Waals surface area contributed by atoms with Crippen molar-refractivity contribution < 1.29 is 14.7 Å². The minimum atomic E-state index is -0.668. The number of carbonyl (C=O) groups is 2. The van der Waals surface area contributed by atoms with Gasteiger partial charge < -0.3 is 19.8 Å². The maximum Gasteiger partial charge on any atom is 0.295 e. The molecule has 1 N–H and O–H groups in total. The molecule has 1 heterocycles. The first-order valence-electron chi connectivity index (χ1n) is 10.8. The lowest BCUT2D eigenvalue weighted by molar-refractivity contribution is -0.140. The van der Waals surface area contributed by atoms with Gasteiger partial charge in [0.2, 0.25) is 0 Å². The summed E-state index contributed by atoms with van der Waals surface area (Å²) in [7, 11) is 3.90. The average molecular weight is 456 g/mol. The lowest BCUT2D eigenvalue weighted by atomic mass is 9.95. The highest BCUT2D eigenvalue weighted by Crippen LogP contribution is 2.39. The van der Waals surface area contributed by atoms with Crippen molar-refractivity contribution in [2.24, 2.45) is 0 Å². The summed E-state index contributed by atoms with van der Waals surface area (Å²) in [6, 6.07) is 13.6. The van der Waals surface area contributed by atoms with Crippen LogP contribution >= 0.6 is 11.6 Å². The van der Waals surface area contributed by atoms with E-state index >= 15 is 0 Å². The Kier molecular flexibility index (Phi) is 7.59. The Morgan fingerprint density at radius 3 is 2.12 bits per heavy atom. The summed E-state index contributed by atoms with van der Waals surface area (Å²) in [5.74, 6) is -1.44. The number of aliphatic hydroxyl groups excluding tert-OH is 1. The van der Waals surface area contributed by atoms with Gasteiger partial charge in [0.1, 0.15) is 5.76 Å². The number of rotatable bonds is 8. The maximum atomic E-state index is 13.1. The quantitative estimate of drug-likeness (QED) is 0.367. The second-order valence-electron chi connectivity index (χ2n) is 8.01. The fourth-order valence-corrected chi connectivity index (χ4v) is 4.09. The van der Waals surface area contributed by atoms with Crippen LogP contribution in [-0.4, -0.2) is 66.9 Å². The number of aliphatic hydroxyl groups is 1. The third-order valence-electron chi connectivity index (χ3n) is 5.93. The van der Waals surface area contributed by atoms with Crippen LogP contribution in [0.2, 0.25) is 5.02 Å². The summed E-state index contributed by atoms with van der Waals surface area (Å²) in [4.78, 5) is 31.9. The van der Waals surface area contributed by atoms with Crippen LogP contribution in [-0.2, 0) is 9.59 Å². The number of anilines is 1. The van der Waals surface area contributed by atoms with Crippen LogP contribution in [0.25, 0.3) is 5.76 Å². The average Bonchev–Trinajstić information content (AvgIpc) is 3.04. The summed E-state index contributed by atoms with van der Waals surface area (Å²) in [6.45, 7) is 6.88. The molecule has 0 spiro atoms. The third kappa shape index (κ3) is 4.81. The van der Waals surface area contributed by atoms with E-state index in [9.17, 15) is 14.7 Å². The van der Waals surface area contributed by atoms with Gasteiger partial charge in [-0.15, -0.1) is 0 Å². The molecule has 0 saturated carbocycles. The number of amides is 1. The number of halogens is 1. The van der Waals surface area contributed by atoms with Gasteiger partial charge in [0.05, 0.1) is 11.6 Å². The van der Waals surface area contributed by atoms with Crippen molar-refractivity contribution in [3.05, 3.63) is 70.3 Å². The van der Waals surface area contributed by atoms with Gasteiger partial charge in [-0.05, 0) is 55.1 Å².